The molecule has 0 radical (unpaired) electrons. The third kappa shape index (κ3) is 3.79. The van der Waals surface area contributed by atoms with Gasteiger partial charge in [-0.3, -0.25) is 18.9 Å². The number of rotatable bonds is 5. The first kappa shape index (κ1) is 19.0. The van der Waals surface area contributed by atoms with Crippen LogP contribution >= 0.6 is 0 Å². The molecule has 3 aromatic rings. The van der Waals surface area contributed by atoms with E-state index in [1.165, 1.54) is 4.57 Å². The minimum Gasteiger partial charge on any atom is -0.458 e. The fraction of sp³-hybridized carbons (Fsp3) is 0.400. The molecule has 150 valence electrons. The molecule has 1 saturated heterocycles. The van der Waals surface area contributed by atoms with Gasteiger partial charge in [0.25, 0.3) is 5.56 Å². The number of nitrogens with one attached hydrogen (secondary N) is 1. The highest BCUT2D eigenvalue weighted by Crippen LogP contribution is 2.21. The van der Waals surface area contributed by atoms with Crippen LogP contribution < -0.4 is 20.5 Å². The van der Waals surface area contributed by atoms with Crippen molar-refractivity contribution in [3.8, 4) is 17.9 Å². The molecule has 1 aliphatic heterocycles. The minimum absolute atomic E-state index is 0.210. The smallest absolute Gasteiger partial charge is 0.301 e. The highest BCUT2D eigenvalue weighted by molar-refractivity contribution is 5.74. The molecule has 4 heterocycles. The van der Waals surface area contributed by atoms with Gasteiger partial charge in [-0.1, -0.05) is 12.0 Å². The van der Waals surface area contributed by atoms with E-state index < -0.39 is 0 Å². The molecular formula is C20H23N7O2. The molecular weight excluding hydrogens is 370 g/mol. The van der Waals surface area contributed by atoms with Crippen molar-refractivity contribution in [2.45, 2.75) is 20.1 Å². The summed E-state index contributed by atoms with van der Waals surface area (Å²) in [6.07, 6.45) is 1.70. The topological polar surface area (TPSA) is 90.1 Å². The lowest BCUT2D eigenvalue weighted by Crippen LogP contribution is -2.44. The fourth-order valence-corrected chi connectivity index (χ4v) is 3.29. The van der Waals surface area contributed by atoms with Gasteiger partial charge in [0.2, 0.25) is 5.95 Å². The Labute approximate surface area is 168 Å². The van der Waals surface area contributed by atoms with Crippen molar-refractivity contribution in [3.63, 3.8) is 0 Å². The Hall–Kier alpha value is -3.38. The van der Waals surface area contributed by atoms with E-state index in [9.17, 15) is 4.79 Å². The zero-order valence-electron chi connectivity index (χ0n) is 16.6. The second-order valence-electron chi connectivity index (χ2n) is 6.70. The van der Waals surface area contributed by atoms with Crippen LogP contribution in [0.2, 0.25) is 0 Å². The van der Waals surface area contributed by atoms with Crippen LogP contribution in [0.15, 0.2) is 29.2 Å². The molecule has 0 spiro atoms. The summed E-state index contributed by atoms with van der Waals surface area (Å²) in [7, 11) is 1.65. The lowest BCUT2D eigenvalue weighted by atomic mass is 10.4. The zero-order chi connectivity index (χ0) is 20.2. The van der Waals surface area contributed by atoms with Crippen LogP contribution in [0.25, 0.3) is 11.2 Å². The molecule has 0 bridgehead atoms. The second kappa shape index (κ2) is 8.32. The summed E-state index contributed by atoms with van der Waals surface area (Å²) in [4.78, 5) is 28.7. The first-order valence-electron chi connectivity index (χ1n) is 9.54. The van der Waals surface area contributed by atoms with Crippen LogP contribution in [0.1, 0.15) is 12.6 Å². The number of fused-ring (bicyclic) bond motifs is 1. The number of imidazole rings is 1. The third-order valence-corrected chi connectivity index (χ3v) is 4.81. The van der Waals surface area contributed by atoms with Gasteiger partial charge in [-0.15, -0.1) is 5.92 Å². The monoisotopic (exact) mass is 393 g/mol. The maximum atomic E-state index is 13.1. The van der Waals surface area contributed by atoms with Crippen molar-refractivity contribution in [2.75, 3.05) is 31.1 Å². The zero-order valence-corrected chi connectivity index (χ0v) is 16.6. The molecule has 0 saturated carbocycles. The number of pyridine rings is 1. The summed E-state index contributed by atoms with van der Waals surface area (Å²) in [5, 5.41) is 3.33. The molecule has 0 unspecified atom stereocenters. The van der Waals surface area contributed by atoms with Gasteiger partial charge in [-0.25, -0.2) is 0 Å². The Balaban J connectivity index is 1.76. The number of nitrogens with zero attached hydrogens (tertiary/aromatic N) is 6. The van der Waals surface area contributed by atoms with Gasteiger partial charge in [0.15, 0.2) is 11.2 Å². The Morgan fingerprint density at radius 2 is 2.07 bits per heavy atom. The molecule has 29 heavy (non-hydrogen) atoms. The van der Waals surface area contributed by atoms with Crippen LogP contribution in [-0.2, 0) is 20.2 Å². The van der Waals surface area contributed by atoms with Gasteiger partial charge in [0.05, 0.1) is 12.2 Å². The van der Waals surface area contributed by atoms with Crippen molar-refractivity contribution >= 4 is 17.1 Å². The van der Waals surface area contributed by atoms with Crippen LogP contribution in [0, 0.1) is 11.8 Å². The predicted molar refractivity (Wildman–Crippen MR) is 110 cm³/mol. The van der Waals surface area contributed by atoms with Crippen molar-refractivity contribution in [2.24, 2.45) is 7.05 Å². The Bertz CT molecular complexity index is 1120. The molecule has 0 amide bonds. The maximum Gasteiger partial charge on any atom is 0.301 e. The summed E-state index contributed by atoms with van der Waals surface area (Å²) >= 11 is 0. The molecule has 0 aromatic carbocycles. The molecule has 1 N–H and O–H groups in total. The summed E-state index contributed by atoms with van der Waals surface area (Å²) in [6.45, 7) is 5.75. The standard InChI is InChI=1S/C20H23N7O2/c1-3-4-11-27-16-17(23-19(27)26-12-9-21-10-13-26)24-20(25(2)18(16)28)29-14-15-7-5-6-8-22-15/h5-8,21H,9-14H2,1-2H3. The fourth-order valence-electron chi connectivity index (χ4n) is 3.29. The van der Waals surface area contributed by atoms with Gasteiger partial charge in [-0.2, -0.15) is 9.97 Å². The quantitative estimate of drug-likeness (QED) is 0.633. The van der Waals surface area contributed by atoms with Crippen LogP contribution in [0.4, 0.5) is 5.95 Å². The molecule has 1 aliphatic rings. The minimum atomic E-state index is -0.210. The van der Waals surface area contributed by atoms with Crippen molar-refractivity contribution in [3.05, 3.63) is 40.4 Å². The van der Waals surface area contributed by atoms with E-state index in [-0.39, 0.29) is 18.2 Å². The van der Waals surface area contributed by atoms with E-state index in [4.69, 9.17) is 4.74 Å². The van der Waals surface area contributed by atoms with Gasteiger partial charge in [-0.05, 0) is 19.1 Å². The first-order chi connectivity index (χ1) is 14.2. The average Bonchev–Trinajstić information content (AvgIpc) is 3.13. The van der Waals surface area contributed by atoms with Crippen LogP contribution in [0.3, 0.4) is 0 Å². The molecule has 4 rings (SSSR count). The summed E-state index contributed by atoms with van der Waals surface area (Å²) in [5.41, 5.74) is 1.36. The van der Waals surface area contributed by atoms with Gasteiger partial charge in [0, 0.05) is 39.4 Å². The van der Waals surface area contributed by atoms with Gasteiger partial charge >= 0.3 is 6.01 Å². The summed E-state index contributed by atoms with van der Waals surface area (Å²) in [6, 6.07) is 5.80. The summed E-state index contributed by atoms with van der Waals surface area (Å²) in [5.74, 6) is 6.66. The number of aromatic nitrogens is 5. The number of hydrogen-bond donors (Lipinski definition) is 1. The molecule has 9 heteroatoms. The number of ether oxygens (including phenoxy) is 1. The van der Waals surface area contributed by atoms with E-state index in [2.05, 4.69) is 37.0 Å². The Morgan fingerprint density at radius 3 is 2.79 bits per heavy atom. The van der Waals surface area contributed by atoms with E-state index >= 15 is 0 Å². The average molecular weight is 393 g/mol. The van der Waals surface area contributed by atoms with Gasteiger partial charge < -0.3 is 15.0 Å². The number of piperazine rings is 1. The number of hydrogen-bond acceptors (Lipinski definition) is 7. The van der Waals surface area contributed by atoms with E-state index in [1.807, 2.05) is 22.8 Å². The SMILES string of the molecule is CC#CCn1c(N2CCNCC2)nc2nc(OCc3ccccn3)n(C)c(=O)c21. The van der Waals surface area contributed by atoms with E-state index in [0.29, 0.717) is 17.7 Å². The third-order valence-electron chi connectivity index (χ3n) is 4.81. The highest BCUT2D eigenvalue weighted by atomic mass is 16.5. The summed E-state index contributed by atoms with van der Waals surface area (Å²) < 4.78 is 9.04. The Kier molecular flexibility index (Phi) is 5.44. The van der Waals surface area contributed by atoms with Crippen molar-refractivity contribution < 1.29 is 4.74 Å². The highest BCUT2D eigenvalue weighted by Gasteiger charge is 2.23. The van der Waals surface area contributed by atoms with Crippen molar-refractivity contribution in [1.29, 1.82) is 0 Å². The Morgan fingerprint density at radius 1 is 1.24 bits per heavy atom. The van der Waals surface area contributed by atoms with Crippen LogP contribution in [0.5, 0.6) is 6.01 Å². The first-order valence-corrected chi connectivity index (χ1v) is 9.54. The van der Waals surface area contributed by atoms with Crippen LogP contribution in [-0.4, -0.2) is 50.3 Å². The lowest BCUT2D eigenvalue weighted by molar-refractivity contribution is 0.263. The second-order valence-corrected chi connectivity index (χ2v) is 6.70. The lowest BCUT2D eigenvalue weighted by Gasteiger charge is -2.28. The molecule has 9 nitrogen and oxygen atoms in total. The molecule has 0 aliphatic carbocycles. The molecule has 1 fully saturated rings. The number of anilines is 1. The van der Waals surface area contributed by atoms with Crippen molar-refractivity contribution in [1.82, 2.24) is 29.4 Å². The maximum absolute atomic E-state index is 13.1. The normalized spacial score (nSPS) is 13.9. The largest absolute Gasteiger partial charge is 0.458 e. The van der Waals surface area contributed by atoms with E-state index in [1.54, 1.807) is 20.2 Å². The van der Waals surface area contributed by atoms with Gasteiger partial charge in [0.1, 0.15) is 6.61 Å². The van der Waals surface area contributed by atoms with E-state index in [0.717, 1.165) is 37.8 Å². The predicted octanol–water partition coefficient (Wildman–Crippen LogP) is 0.537. The molecule has 0 atom stereocenters. The molecule has 3 aromatic heterocycles.